The molecule has 0 aromatic carbocycles. The van der Waals surface area contributed by atoms with Crippen molar-refractivity contribution in [2.45, 2.75) is 44.1 Å². The van der Waals surface area contributed by atoms with E-state index in [1.165, 1.54) is 0 Å². The summed E-state index contributed by atoms with van der Waals surface area (Å²) in [4.78, 5) is 27.5. The van der Waals surface area contributed by atoms with Crippen molar-refractivity contribution in [3.63, 3.8) is 0 Å². The summed E-state index contributed by atoms with van der Waals surface area (Å²) < 4.78 is 0. The first-order valence-electron chi connectivity index (χ1n) is 7.32. The maximum absolute atomic E-state index is 11.9. The van der Waals surface area contributed by atoms with E-state index in [4.69, 9.17) is 0 Å². The van der Waals surface area contributed by atoms with Gasteiger partial charge in [0, 0.05) is 24.9 Å². The first-order valence-corrected chi connectivity index (χ1v) is 7.32. The van der Waals surface area contributed by atoms with Gasteiger partial charge in [-0.2, -0.15) is 0 Å². The molecule has 1 aromatic rings. The molecule has 1 fully saturated rings. The number of carboxylic acid groups (broad SMARTS) is 1. The molecule has 6 nitrogen and oxygen atoms in total. The predicted octanol–water partition coefficient (Wildman–Crippen LogP) is 1.71. The molecule has 2 rings (SSSR count). The number of aromatic nitrogens is 1. The minimum atomic E-state index is -1.10. The van der Waals surface area contributed by atoms with E-state index in [1.54, 1.807) is 6.20 Å². The highest BCUT2D eigenvalue weighted by molar-refractivity contribution is 5.86. The van der Waals surface area contributed by atoms with Gasteiger partial charge in [-0.15, -0.1) is 0 Å². The number of aliphatic carboxylic acids is 1. The lowest BCUT2D eigenvalue weighted by molar-refractivity contribution is -0.145. The van der Waals surface area contributed by atoms with Crippen molar-refractivity contribution in [3.05, 3.63) is 30.1 Å². The van der Waals surface area contributed by atoms with Crippen LogP contribution in [0.5, 0.6) is 0 Å². The lowest BCUT2D eigenvalue weighted by Crippen LogP contribution is -2.58. The van der Waals surface area contributed by atoms with Crippen molar-refractivity contribution in [2.24, 2.45) is 0 Å². The van der Waals surface area contributed by atoms with E-state index >= 15 is 0 Å². The maximum atomic E-state index is 11.9. The van der Waals surface area contributed by atoms with Crippen molar-refractivity contribution >= 4 is 12.0 Å². The Balaban J connectivity index is 1.81. The maximum Gasteiger partial charge on any atom is 0.329 e. The average Bonchev–Trinajstić information content (AvgIpc) is 2.49. The van der Waals surface area contributed by atoms with Gasteiger partial charge in [0.05, 0.1) is 0 Å². The van der Waals surface area contributed by atoms with Crippen molar-refractivity contribution < 1.29 is 14.7 Å². The van der Waals surface area contributed by atoms with Crippen LogP contribution in [0.2, 0.25) is 0 Å². The normalized spacial score (nSPS) is 17.0. The Labute approximate surface area is 124 Å². The van der Waals surface area contributed by atoms with Gasteiger partial charge in [0.1, 0.15) is 5.54 Å². The first kappa shape index (κ1) is 15.3. The number of amides is 2. The third-order valence-corrected chi connectivity index (χ3v) is 3.86. The first-order chi connectivity index (χ1) is 10.1. The average molecular weight is 291 g/mol. The molecule has 1 heterocycles. The van der Waals surface area contributed by atoms with Gasteiger partial charge in [0.2, 0.25) is 0 Å². The van der Waals surface area contributed by atoms with Gasteiger partial charge in [0.25, 0.3) is 0 Å². The zero-order chi connectivity index (χ0) is 15.1. The van der Waals surface area contributed by atoms with E-state index in [1.807, 2.05) is 18.2 Å². The fraction of sp³-hybridized carbons (Fsp3) is 0.533. The standard InChI is InChI=1S/C15H21N3O3/c19-13(20)15(8-3-1-4-9-15)18-14(21)17-11-7-12-6-2-5-10-16-12/h2,5-6,10H,1,3-4,7-9,11H2,(H,19,20)(H2,17,18,21). The molecule has 0 aliphatic heterocycles. The largest absolute Gasteiger partial charge is 0.480 e. The summed E-state index contributed by atoms with van der Waals surface area (Å²) in [5.74, 6) is -0.943. The van der Waals surface area contributed by atoms with Crippen molar-refractivity contribution in [3.8, 4) is 0 Å². The number of urea groups is 1. The van der Waals surface area contributed by atoms with Crippen LogP contribution < -0.4 is 10.6 Å². The zero-order valence-electron chi connectivity index (χ0n) is 12.0. The van der Waals surface area contributed by atoms with E-state index in [9.17, 15) is 14.7 Å². The second-order valence-electron chi connectivity index (χ2n) is 5.40. The Morgan fingerprint density at radius 3 is 2.62 bits per heavy atom. The molecule has 1 saturated carbocycles. The van der Waals surface area contributed by atoms with E-state index in [2.05, 4.69) is 15.6 Å². The number of hydrogen-bond acceptors (Lipinski definition) is 3. The van der Waals surface area contributed by atoms with Crippen molar-refractivity contribution in [1.82, 2.24) is 15.6 Å². The van der Waals surface area contributed by atoms with E-state index in [0.717, 1.165) is 25.0 Å². The van der Waals surface area contributed by atoms with Crippen molar-refractivity contribution in [2.75, 3.05) is 6.54 Å². The number of nitrogens with one attached hydrogen (secondary N) is 2. The highest BCUT2D eigenvalue weighted by Gasteiger charge is 2.40. The van der Waals surface area contributed by atoms with Crippen molar-refractivity contribution in [1.29, 1.82) is 0 Å². The molecular formula is C15H21N3O3. The number of pyridine rings is 1. The van der Waals surface area contributed by atoms with E-state index in [0.29, 0.717) is 25.8 Å². The molecule has 2 amide bonds. The summed E-state index contributed by atoms with van der Waals surface area (Å²) in [5, 5.41) is 14.7. The summed E-state index contributed by atoms with van der Waals surface area (Å²) in [6.45, 7) is 0.429. The fourth-order valence-corrected chi connectivity index (χ4v) is 2.66. The van der Waals surface area contributed by atoms with Crippen LogP contribution in [-0.4, -0.2) is 34.2 Å². The quantitative estimate of drug-likeness (QED) is 0.770. The third-order valence-electron chi connectivity index (χ3n) is 3.86. The number of hydrogen-bond donors (Lipinski definition) is 3. The van der Waals surface area contributed by atoms with E-state index < -0.39 is 17.5 Å². The summed E-state index contributed by atoms with van der Waals surface area (Å²) in [7, 11) is 0. The molecule has 0 bridgehead atoms. The van der Waals surface area contributed by atoms with Crippen LogP contribution in [0.25, 0.3) is 0 Å². The summed E-state index contributed by atoms with van der Waals surface area (Å²) in [6, 6.07) is 5.20. The van der Waals surface area contributed by atoms with Gasteiger partial charge in [-0.1, -0.05) is 25.3 Å². The molecule has 1 aliphatic carbocycles. The van der Waals surface area contributed by atoms with Crippen LogP contribution in [0.4, 0.5) is 4.79 Å². The molecule has 0 atom stereocenters. The Morgan fingerprint density at radius 1 is 1.24 bits per heavy atom. The SMILES string of the molecule is O=C(NCCc1ccccn1)NC1(C(=O)O)CCCCC1. The van der Waals surface area contributed by atoms with E-state index in [-0.39, 0.29) is 0 Å². The van der Waals surface area contributed by atoms with Crippen LogP contribution in [0.15, 0.2) is 24.4 Å². The summed E-state index contributed by atoms with van der Waals surface area (Å²) >= 11 is 0. The Morgan fingerprint density at radius 2 is 2.00 bits per heavy atom. The number of carbonyl (C=O) groups is 2. The molecule has 0 unspecified atom stereocenters. The fourth-order valence-electron chi connectivity index (χ4n) is 2.66. The second kappa shape index (κ2) is 7.06. The lowest BCUT2D eigenvalue weighted by atomic mass is 9.82. The molecule has 0 radical (unpaired) electrons. The molecule has 114 valence electrons. The monoisotopic (exact) mass is 291 g/mol. The zero-order valence-corrected chi connectivity index (χ0v) is 12.0. The smallest absolute Gasteiger partial charge is 0.329 e. The lowest BCUT2D eigenvalue weighted by Gasteiger charge is -2.33. The highest BCUT2D eigenvalue weighted by atomic mass is 16.4. The Kier molecular flexibility index (Phi) is 5.14. The highest BCUT2D eigenvalue weighted by Crippen LogP contribution is 2.28. The topological polar surface area (TPSA) is 91.3 Å². The Bertz CT molecular complexity index is 484. The molecule has 1 aliphatic rings. The number of carbonyl (C=O) groups excluding carboxylic acids is 1. The van der Waals surface area contributed by atoms with Gasteiger partial charge >= 0.3 is 12.0 Å². The van der Waals surface area contributed by atoms with Crippen LogP contribution in [0.1, 0.15) is 37.8 Å². The van der Waals surface area contributed by atoms with Gasteiger partial charge in [-0.3, -0.25) is 4.98 Å². The number of nitrogens with zero attached hydrogens (tertiary/aromatic N) is 1. The summed E-state index contributed by atoms with van der Waals surface area (Å²) in [6.07, 6.45) is 6.01. The van der Waals surface area contributed by atoms with Crippen LogP contribution in [0.3, 0.4) is 0 Å². The number of rotatable bonds is 5. The summed E-state index contributed by atoms with van der Waals surface area (Å²) in [5.41, 5.74) is -0.212. The second-order valence-corrected chi connectivity index (χ2v) is 5.40. The minimum Gasteiger partial charge on any atom is -0.480 e. The molecule has 0 saturated heterocycles. The van der Waals surface area contributed by atoms with Gasteiger partial charge in [-0.25, -0.2) is 9.59 Å². The third kappa shape index (κ3) is 4.18. The number of carboxylic acids is 1. The van der Waals surface area contributed by atoms with Gasteiger partial charge in [0.15, 0.2) is 0 Å². The molecule has 6 heteroatoms. The van der Waals surface area contributed by atoms with Crippen LogP contribution >= 0.6 is 0 Å². The van der Waals surface area contributed by atoms with Crippen LogP contribution in [-0.2, 0) is 11.2 Å². The molecule has 3 N–H and O–H groups in total. The van der Waals surface area contributed by atoms with Gasteiger partial charge in [-0.05, 0) is 25.0 Å². The predicted molar refractivity (Wildman–Crippen MR) is 77.9 cm³/mol. The molecule has 21 heavy (non-hydrogen) atoms. The molecule has 1 aromatic heterocycles. The van der Waals surface area contributed by atoms with Crippen LogP contribution in [0, 0.1) is 0 Å². The molecule has 0 spiro atoms. The molecular weight excluding hydrogens is 270 g/mol. The van der Waals surface area contributed by atoms with Gasteiger partial charge < -0.3 is 15.7 Å². The minimum absolute atomic E-state index is 0.421. The Hall–Kier alpha value is -2.11.